The summed E-state index contributed by atoms with van der Waals surface area (Å²) in [4.78, 5) is 0.191. The van der Waals surface area contributed by atoms with E-state index in [4.69, 9.17) is 0 Å². The van der Waals surface area contributed by atoms with Crippen LogP contribution in [0.3, 0.4) is 0 Å². The smallest absolute Gasteiger partial charge is 0.240 e. The third kappa shape index (κ3) is 4.39. The molecule has 0 aliphatic carbocycles. The summed E-state index contributed by atoms with van der Waals surface area (Å²) in [5, 5.41) is 9.55. The topological polar surface area (TPSA) is 66.4 Å². The van der Waals surface area contributed by atoms with Crippen LogP contribution in [0.15, 0.2) is 33.6 Å². The first-order valence-electron chi connectivity index (χ1n) is 5.26. The molecule has 17 heavy (non-hydrogen) atoms. The van der Waals surface area contributed by atoms with Gasteiger partial charge in [-0.15, -0.1) is 0 Å². The van der Waals surface area contributed by atoms with Gasteiger partial charge in [0.15, 0.2) is 0 Å². The fourth-order valence-corrected chi connectivity index (χ4v) is 2.44. The minimum atomic E-state index is -3.54. The van der Waals surface area contributed by atoms with Crippen LogP contribution in [0.4, 0.5) is 0 Å². The fourth-order valence-electron chi connectivity index (χ4n) is 1.13. The summed E-state index contributed by atoms with van der Waals surface area (Å²) in [6.07, 6.45) is -0.680. The summed E-state index contributed by atoms with van der Waals surface area (Å²) < 4.78 is 26.9. The Hall–Kier alpha value is -0.430. The van der Waals surface area contributed by atoms with E-state index in [1.54, 1.807) is 12.1 Å². The van der Waals surface area contributed by atoms with Gasteiger partial charge >= 0.3 is 0 Å². The third-order valence-electron chi connectivity index (χ3n) is 2.38. The molecule has 1 rings (SSSR count). The maximum absolute atomic E-state index is 11.8. The Labute approximate surface area is 110 Å². The molecule has 0 aromatic heterocycles. The van der Waals surface area contributed by atoms with Gasteiger partial charge in [-0.3, -0.25) is 0 Å². The molecule has 1 unspecified atom stereocenters. The van der Waals surface area contributed by atoms with Gasteiger partial charge in [-0.2, -0.15) is 0 Å². The summed E-state index contributed by atoms with van der Waals surface area (Å²) in [6, 6.07) is 6.34. The van der Waals surface area contributed by atoms with Gasteiger partial charge in [-0.1, -0.05) is 29.8 Å². The van der Waals surface area contributed by atoms with Gasteiger partial charge in [-0.05, 0) is 30.2 Å². The van der Waals surface area contributed by atoms with Crippen LogP contribution in [0.25, 0.3) is 0 Å². The molecule has 1 aromatic carbocycles. The maximum Gasteiger partial charge on any atom is 0.240 e. The third-order valence-corrected chi connectivity index (χ3v) is 4.34. The second-order valence-corrected chi connectivity index (χ2v) is 6.80. The summed E-state index contributed by atoms with van der Waals surface area (Å²) >= 11 is 3.24. The van der Waals surface area contributed by atoms with Crippen molar-refractivity contribution in [3.05, 3.63) is 28.7 Å². The van der Waals surface area contributed by atoms with Gasteiger partial charge in [-0.25, -0.2) is 13.1 Å². The van der Waals surface area contributed by atoms with Crippen LogP contribution >= 0.6 is 15.9 Å². The van der Waals surface area contributed by atoms with Gasteiger partial charge in [0.2, 0.25) is 10.0 Å². The molecule has 0 aliphatic heterocycles. The van der Waals surface area contributed by atoms with E-state index in [1.807, 2.05) is 13.8 Å². The van der Waals surface area contributed by atoms with Gasteiger partial charge in [0.25, 0.3) is 0 Å². The van der Waals surface area contributed by atoms with Crippen LogP contribution in [-0.4, -0.2) is 26.2 Å². The van der Waals surface area contributed by atoms with E-state index in [1.165, 1.54) is 12.1 Å². The predicted molar refractivity (Wildman–Crippen MR) is 70.2 cm³/mol. The molecule has 0 saturated heterocycles. The first-order chi connectivity index (χ1) is 7.83. The van der Waals surface area contributed by atoms with Crippen LogP contribution in [-0.2, 0) is 10.0 Å². The number of aliphatic hydroxyl groups is 1. The maximum atomic E-state index is 11.8. The van der Waals surface area contributed by atoms with E-state index in [-0.39, 0.29) is 17.4 Å². The molecular weight excluding hydrogens is 306 g/mol. The zero-order valence-electron chi connectivity index (χ0n) is 9.72. The highest BCUT2D eigenvalue weighted by Crippen LogP contribution is 2.14. The molecule has 6 heteroatoms. The Morgan fingerprint density at radius 1 is 1.29 bits per heavy atom. The molecule has 0 heterocycles. The lowest BCUT2D eigenvalue weighted by Crippen LogP contribution is -2.34. The zero-order valence-corrected chi connectivity index (χ0v) is 12.1. The highest BCUT2D eigenvalue weighted by molar-refractivity contribution is 9.10. The lowest BCUT2D eigenvalue weighted by atomic mass is 10.1. The van der Waals surface area contributed by atoms with Gasteiger partial charge in [0, 0.05) is 11.0 Å². The molecule has 0 spiro atoms. The molecule has 1 aromatic rings. The highest BCUT2D eigenvalue weighted by atomic mass is 79.9. The average Bonchev–Trinajstić information content (AvgIpc) is 2.26. The van der Waals surface area contributed by atoms with Crippen molar-refractivity contribution in [1.82, 2.24) is 4.72 Å². The van der Waals surface area contributed by atoms with Crippen molar-refractivity contribution in [3.8, 4) is 0 Å². The van der Waals surface area contributed by atoms with Crippen molar-refractivity contribution in [2.75, 3.05) is 6.54 Å². The lowest BCUT2D eigenvalue weighted by Gasteiger charge is -2.15. The number of nitrogens with one attached hydrogen (secondary N) is 1. The fraction of sp³-hybridized carbons (Fsp3) is 0.455. The molecule has 0 saturated carbocycles. The van der Waals surface area contributed by atoms with Crippen LogP contribution < -0.4 is 4.72 Å². The molecule has 4 nitrogen and oxygen atoms in total. The summed E-state index contributed by atoms with van der Waals surface area (Å²) in [5.41, 5.74) is 0. The van der Waals surface area contributed by atoms with Crippen molar-refractivity contribution >= 4 is 26.0 Å². The minimum Gasteiger partial charge on any atom is -0.391 e. The Bertz CT molecular complexity index is 456. The van der Waals surface area contributed by atoms with E-state index in [9.17, 15) is 13.5 Å². The Morgan fingerprint density at radius 2 is 1.82 bits per heavy atom. The molecular formula is C11H16BrNO3S. The number of hydrogen-bond donors (Lipinski definition) is 2. The molecule has 0 bridgehead atoms. The van der Waals surface area contributed by atoms with Crippen LogP contribution in [0.5, 0.6) is 0 Å². The van der Waals surface area contributed by atoms with E-state index in [0.717, 1.165) is 4.47 Å². The summed E-state index contributed by atoms with van der Waals surface area (Å²) in [5.74, 6) is 0.0163. The van der Waals surface area contributed by atoms with Gasteiger partial charge in [0.05, 0.1) is 11.0 Å². The van der Waals surface area contributed by atoms with Crippen LogP contribution in [0, 0.1) is 5.92 Å². The number of aliphatic hydroxyl groups excluding tert-OH is 1. The summed E-state index contributed by atoms with van der Waals surface area (Å²) in [7, 11) is -3.54. The Balaban J connectivity index is 2.72. The van der Waals surface area contributed by atoms with E-state index < -0.39 is 16.1 Å². The largest absolute Gasteiger partial charge is 0.391 e. The highest BCUT2D eigenvalue weighted by Gasteiger charge is 2.17. The van der Waals surface area contributed by atoms with E-state index in [0.29, 0.717) is 0 Å². The molecule has 2 N–H and O–H groups in total. The second-order valence-electron chi connectivity index (χ2n) is 4.12. The normalized spacial score (nSPS) is 13.9. The monoisotopic (exact) mass is 321 g/mol. The van der Waals surface area contributed by atoms with E-state index >= 15 is 0 Å². The van der Waals surface area contributed by atoms with Crippen molar-refractivity contribution in [3.63, 3.8) is 0 Å². The van der Waals surface area contributed by atoms with Crippen molar-refractivity contribution in [2.24, 2.45) is 5.92 Å². The molecule has 0 aliphatic rings. The number of benzene rings is 1. The van der Waals surface area contributed by atoms with Crippen molar-refractivity contribution < 1.29 is 13.5 Å². The molecule has 0 radical (unpaired) electrons. The van der Waals surface area contributed by atoms with Gasteiger partial charge < -0.3 is 5.11 Å². The number of sulfonamides is 1. The first kappa shape index (κ1) is 14.6. The quantitative estimate of drug-likeness (QED) is 0.868. The predicted octanol–water partition coefficient (Wildman–Crippen LogP) is 1.74. The Kier molecular flexibility index (Phi) is 5.12. The van der Waals surface area contributed by atoms with Crippen LogP contribution in [0.1, 0.15) is 13.8 Å². The summed E-state index contributed by atoms with van der Waals surface area (Å²) in [6.45, 7) is 3.69. The number of halogens is 1. The number of rotatable bonds is 5. The SMILES string of the molecule is CC(C)C(O)CNS(=O)(=O)c1ccc(Br)cc1. The minimum absolute atomic E-state index is 0.0163. The zero-order chi connectivity index (χ0) is 13.1. The lowest BCUT2D eigenvalue weighted by molar-refractivity contribution is 0.129. The van der Waals surface area contributed by atoms with Crippen LogP contribution in [0.2, 0.25) is 0 Å². The van der Waals surface area contributed by atoms with E-state index in [2.05, 4.69) is 20.7 Å². The van der Waals surface area contributed by atoms with Crippen molar-refractivity contribution in [1.29, 1.82) is 0 Å². The molecule has 1 atom stereocenters. The van der Waals surface area contributed by atoms with Gasteiger partial charge in [0.1, 0.15) is 0 Å². The molecule has 0 fully saturated rings. The second kappa shape index (κ2) is 5.95. The first-order valence-corrected chi connectivity index (χ1v) is 7.54. The Morgan fingerprint density at radius 3 is 2.29 bits per heavy atom. The average molecular weight is 322 g/mol. The molecule has 0 amide bonds. The molecule has 96 valence electrons. The standard InChI is InChI=1S/C11H16BrNO3S/c1-8(2)11(14)7-13-17(15,16)10-5-3-9(12)4-6-10/h3-6,8,11,13-14H,7H2,1-2H3. The number of hydrogen-bond acceptors (Lipinski definition) is 3. The van der Waals surface area contributed by atoms with Crippen molar-refractivity contribution in [2.45, 2.75) is 24.8 Å².